The van der Waals surface area contributed by atoms with Crippen LogP contribution in [0.5, 0.6) is 0 Å². The molecule has 8 heteroatoms. The van der Waals surface area contributed by atoms with Gasteiger partial charge in [-0.05, 0) is 19.1 Å². The first kappa shape index (κ1) is 14.5. The Kier molecular flexibility index (Phi) is 4.17. The number of hydrogen-bond acceptors (Lipinski definition) is 5. The third-order valence-corrected chi connectivity index (χ3v) is 2.67. The topological polar surface area (TPSA) is 98.0 Å². The van der Waals surface area contributed by atoms with E-state index in [2.05, 4.69) is 15.3 Å². The highest BCUT2D eigenvalue weighted by Crippen LogP contribution is 2.16. The fourth-order valence-corrected chi connectivity index (χ4v) is 1.67. The molecule has 0 aliphatic carbocycles. The molecule has 2 aromatic rings. The quantitative estimate of drug-likeness (QED) is 0.683. The molecule has 1 heterocycles. The van der Waals surface area contributed by atoms with E-state index < -0.39 is 16.6 Å². The van der Waals surface area contributed by atoms with Crippen LogP contribution in [-0.2, 0) is 6.54 Å². The summed E-state index contributed by atoms with van der Waals surface area (Å²) in [5, 5.41) is 13.1. The van der Waals surface area contributed by atoms with E-state index in [0.717, 1.165) is 18.2 Å². The van der Waals surface area contributed by atoms with E-state index in [1.165, 1.54) is 6.20 Å². The molecule has 108 valence electrons. The number of aryl methyl sites for hydroxylation is 1. The highest BCUT2D eigenvalue weighted by molar-refractivity contribution is 5.95. The van der Waals surface area contributed by atoms with E-state index in [9.17, 15) is 19.3 Å². The normalized spacial score (nSPS) is 10.2. The number of carbonyl (C=O) groups excluding carboxylic acids is 1. The highest BCUT2D eigenvalue weighted by atomic mass is 19.1. The lowest BCUT2D eigenvalue weighted by molar-refractivity contribution is -0.384. The number of benzene rings is 1. The first-order valence-corrected chi connectivity index (χ1v) is 5.98. The largest absolute Gasteiger partial charge is 0.346 e. The van der Waals surface area contributed by atoms with Crippen molar-refractivity contribution in [1.29, 1.82) is 0 Å². The lowest BCUT2D eigenvalue weighted by Gasteiger charge is -2.06. The summed E-state index contributed by atoms with van der Waals surface area (Å²) >= 11 is 0. The SMILES string of the molecule is Cc1nccc(CNC(=O)c2cc([N+](=O)[O-])ccc2F)n1. The minimum Gasteiger partial charge on any atom is -0.346 e. The van der Waals surface area contributed by atoms with Crippen LogP contribution in [0.3, 0.4) is 0 Å². The number of carbonyl (C=O) groups is 1. The van der Waals surface area contributed by atoms with Gasteiger partial charge in [-0.2, -0.15) is 0 Å². The molecule has 0 spiro atoms. The Morgan fingerprint density at radius 1 is 1.43 bits per heavy atom. The summed E-state index contributed by atoms with van der Waals surface area (Å²) in [5.74, 6) is -1.02. The van der Waals surface area contributed by atoms with E-state index in [1.807, 2.05) is 0 Å². The second-order valence-electron chi connectivity index (χ2n) is 4.20. The minimum atomic E-state index is -0.822. The minimum absolute atomic E-state index is 0.0737. The molecule has 0 radical (unpaired) electrons. The smallest absolute Gasteiger partial charge is 0.270 e. The molecule has 0 fully saturated rings. The van der Waals surface area contributed by atoms with Crippen molar-refractivity contribution in [2.24, 2.45) is 0 Å². The Labute approximate surface area is 119 Å². The molecule has 7 nitrogen and oxygen atoms in total. The van der Waals surface area contributed by atoms with Crippen molar-refractivity contribution in [2.75, 3.05) is 0 Å². The van der Waals surface area contributed by atoms with E-state index in [1.54, 1.807) is 13.0 Å². The maximum Gasteiger partial charge on any atom is 0.270 e. The summed E-state index contributed by atoms with van der Waals surface area (Å²) in [5.41, 5.74) is -0.170. The summed E-state index contributed by atoms with van der Waals surface area (Å²) < 4.78 is 13.6. The molecule has 1 aromatic carbocycles. The molecule has 21 heavy (non-hydrogen) atoms. The molecule has 0 saturated carbocycles. The van der Waals surface area contributed by atoms with Gasteiger partial charge >= 0.3 is 0 Å². The molecule has 0 saturated heterocycles. The predicted molar refractivity (Wildman–Crippen MR) is 71.0 cm³/mol. The molecule has 0 aliphatic heterocycles. The van der Waals surface area contributed by atoms with E-state index in [0.29, 0.717) is 11.5 Å². The van der Waals surface area contributed by atoms with Gasteiger partial charge in [0.05, 0.1) is 22.7 Å². The molecule has 1 amide bonds. The van der Waals surface area contributed by atoms with Crippen LogP contribution >= 0.6 is 0 Å². The lowest BCUT2D eigenvalue weighted by Crippen LogP contribution is -2.24. The molecule has 0 unspecified atom stereocenters. The number of amides is 1. The van der Waals surface area contributed by atoms with Gasteiger partial charge in [-0.3, -0.25) is 14.9 Å². The first-order valence-electron chi connectivity index (χ1n) is 5.98. The van der Waals surface area contributed by atoms with Crippen molar-refractivity contribution >= 4 is 11.6 Å². The van der Waals surface area contributed by atoms with Crippen molar-refractivity contribution in [2.45, 2.75) is 13.5 Å². The van der Waals surface area contributed by atoms with E-state index in [-0.39, 0.29) is 17.8 Å². The van der Waals surface area contributed by atoms with Gasteiger partial charge in [0, 0.05) is 18.3 Å². The Bertz CT molecular complexity index is 706. The number of non-ortho nitro benzene ring substituents is 1. The molecular formula is C13H11FN4O3. The molecule has 0 atom stereocenters. The van der Waals surface area contributed by atoms with Gasteiger partial charge in [0.15, 0.2) is 0 Å². The average molecular weight is 290 g/mol. The van der Waals surface area contributed by atoms with Crippen LogP contribution in [0.4, 0.5) is 10.1 Å². The van der Waals surface area contributed by atoms with Gasteiger partial charge in [-0.1, -0.05) is 0 Å². The maximum atomic E-state index is 13.6. The van der Waals surface area contributed by atoms with Gasteiger partial charge < -0.3 is 5.32 Å². The van der Waals surface area contributed by atoms with Crippen LogP contribution in [0.1, 0.15) is 21.9 Å². The maximum absolute atomic E-state index is 13.6. The Morgan fingerprint density at radius 3 is 2.86 bits per heavy atom. The van der Waals surface area contributed by atoms with E-state index in [4.69, 9.17) is 0 Å². The van der Waals surface area contributed by atoms with Crippen LogP contribution in [0, 0.1) is 22.9 Å². The first-order chi connectivity index (χ1) is 9.97. The van der Waals surface area contributed by atoms with E-state index >= 15 is 0 Å². The standard InChI is InChI=1S/C13H11FN4O3/c1-8-15-5-4-9(17-8)7-16-13(19)11-6-10(18(20)21)2-3-12(11)14/h2-6H,7H2,1H3,(H,16,19). The van der Waals surface area contributed by atoms with Crippen molar-refractivity contribution in [3.8, 4) is 0 Å². The monoisotopic (exact) mass is 290 g/mol. The average Bonchev–Trinajstić information content (AvgIpc) is 2.45. The van der Waals surface area contributed by atoms with Gasteiger partial charge in [0.1, 0.15) is 11.6 Å². The van der Waals surface area contributed by atoms with Gasteiger partial charge in [0.25, 0.3) is 11.6 Å². The molecule has 2 rings (SSSR count). The number of rotatable bonds is 4. The molecule has 1 N–H and O–H groups in total. The predicted octanol–water partition coefficient (Wildman–Crippen LogP) is 1.76. The highest BCUT2D eigenvalue weighted by Gasteiger charge is 2.16. The van der Waals surface area contributed by atoms with Crippen molar-refractivity contribution in [3.63, 3.8) is 0 Å². The molecule has 0 bridgehead atoms. The van der Waals surface area contributed by atoms with Crippen LogP contribution in [0.25, 0.3) is 0 Å². The van der Waals surface area contributed by atoms with Crippen LogP contribution in [0.2, 0.25) is 0 Å². The number of halogens is 1. The van der Waals surface area contributed by atoms with Crippen LogP contribution in [-0.4, -0.2) is 20.8 Å². The zero-order chi connectivity index (χ0) is 15.4. The molecular weight excluding hydrogens is 279 g/mol. The Hall–Kier alpha value is -2.90. The number of nitro groups is 1. The van der Waals surface area contributed by atoms with Crippen LogP contribution < -0.4 is 5.32 Å². The summed E-state index contributed by atoms with van der Waals surface area (Å²) in [7, 11) is 0. The second-order valence-corrected chi connectivity index (χ2v) is 4.20. The zero-order valence-corrected chi connectivity index (χ0v) is 11.0. The Balaban J connectivity index is 2.13. The summed E-state index contributed by atoms with van der Waals surface area (Å²) in [6.07, 6.45) is 1.54. The second kappa shape index (κ2) is 6.04. The fraction of sp³-hybridized carbons (Fsp3) is 0.154. The van der Waals surface area contributed by atoms with Crippen molar-refractivity contribution < 1.29 is 14.1 Å². The summed E-state index contributed by atoms with van der Waals surface area (Å²) in [6.45, 7) is 1.77. The molecule has 1 aromatic heterocycles. The van der Waals surface area contributed by atoms with Gasteiger partial charge in [0.2, 0.25) is 0 Å². The number of nitrogens with zero attached hydrogens (tertiary/aromatic N) is 3. The zero-order valence-electron chi connectivity index (χ0n) is 11.0. The number of nitrogens with one attached hydrogen (secondary N) is 1. The number of nitro benzene ring substituents is 1. The van der Waals surface area contributed by atoms with Gasteiger partial charge in [-0.25, -0.2) is 14.4 Å². The summed E-state index contributed by atoms with van der Waals surface area (Å²) in [6, 6.07) is 4.40. The van der Waals surface area contributed by atoms with Crippen molar-refractivity contribution in [1.82, 2.24) is 15.3 Å². The van der Waals surface area contributed by atoms with Crippen molar-refractivity contribution in [3.05, 3.63) is 63.5 Å². The van der Waals surface area contributed by atoms with Gasteiger partial charge in [-0.15, -0.1) is 0 Å². The van der Waals surface area contributed by atoms with Crippen LogP contribution in [0.15, 0.2) is 30.5 Å². The third-order valence-electron chi connectivity index (χ3n) is 2.67. The molecule has 0 aliphatic rings. The number of aromatic nitrogens is 2. The Morgan fingerprint density at radius 2 is 2.19 bits per heavy atom. The number of hydrogen-bond donors (Lipinski definition) is 1. The third kappa shape index (κ3) is 3.56. The fourth-order valence-electron chi connectivity index (χ4n) is 1.67. The lowest BCUT2D eigenvalue weighted by atomic mass is 10.1. The summed E-state index contributed by atoms with van der Waals surface area (Å²) in [4.78, 5) is 29.8.